The summed E-state index contributed by atoms with van der Waals surface area (Å²) >= 11 is 0. The number of hydrogen-bond acceptors (Lipinski definition) is 2. The van der Waals surface area contributed by atoms with Gasteiger partial charge in [-0.05, 0) is 12.8 Å². The van der Waals surface area contributed by atoms with E-state index in [0.717, 1.165) is 32.1 Å². The van der Waals surface area contributed by atoms with Crippen molar-refractivity contribution in [2.45, 2.75) is 84.2 Å². The Morgan fingerprint density at radius 2 is 1.44 bits per heavy atom. The molecular formula is C13H29O4P. The molecule has 0 spiro atoms. The molecule has 0 amide bonds. The molecule has 18 heavy (non-hydrogen) atoms. The molecular weight excluding hydrogens is 251 g/mol. The molecule has 0 radical (unpaired) electrons. The van der Waals surface area contributed by atoms with Gasteiger partial charge in [0.25, 0.3) is 0 Å². The van der Waals surface area contributed by atoms with Gasteiger partial charge in [-0.2, -0.15) is 0 Å². The van der Waals surface area contributed by atoms with Crippen LogP contribution in [0.4, 0.5) is 0 Å². The highest BCUT2D eigenvalue weighted by molar-refractivity contribution is 7.46. The molecule has 0 aliphatic rings. The van der Waals surface area contributed by atoms with Crippen LogP contribution in [0.25, 0.3) is 0 Å². The Bertz CT molecular complexity index is 227. The Hall–Kier alpha value is 0.110. The van der Waals surface area contributed by atoms with Crippen molar-refractivity contribution in [3.8, 4) is 0 Å². The molecule has 0 aromatic carbocycles. The summed E-state index contributed by atoms with van der Waals surface area (Å²) in [6, 6.07) is 0. The minimum absolute atomic E-state index is 0.286. The van der Waals surface area contributed by atoms with Gasteiger partial charge in [-0.1, -0.05) is 65.2 Å². The summed E-state index contributed by atoms with van der Waals surface area (Å²) in [6.45, 7) is 4.20. The summed E-state index contributed by atoms with van der Waals surface area (Å²) in [5.74, 6) is 0. The van der Waals surface area contributed by atoms with Crippen LogP contribution in [-0.2, 0) is 9.09 Å². The first-order valence-corrected chi connectivity index (χ1v) is 8.76. The monoisotopic (exact) mass is 280 g/mol. The van der Waals surface area contributed by atoms with Crippen molar-refractivity contribution in [1.29, 1.82) is 0 Å². The molecule has 1 unspecified atom stereocenters. The first-order chi connectivity index (χ1) is 8.49. The molecule has 0 aromatic rings. The van der Waals surface area contributed by atoms with Crippen molar-refractivity contribution in [1.82, 2.24) is 0 Å². The highest BCUT2D eigenvalue weighted by Gasteiger charge is 2.20. The van der Waals surface area contributed by atoms with E-state index in [2.05, 4.69) is 6.92 Å². The topological polar surface area (TPSA) is 66.8 Å². The molecule has 0 aliphatic heterocycles. The third kappa shape index (κ3) is 12.6. The van der Waals surface area contributed by atoms with Gasteiger partial charge < -0.3 is 9.79 Å². The molecule has 0 saturated carbocycles. The largest absolute Gasteiger partial charge is 0.469 e. The van der Waals surface area contributed by atoms with Crippen LogP contribution in [0.15, 0.2) is 0 Å². The van der Waals surface area contributed by atoms with Crippen LogP contribution in [0.5, 0.6) is 0 Å². The third-order valence-electron chi connectivity index (χ3n) is 3.03. The van der Waals surface area contributed by atoms with Crippen molar-refractivity contribution < 1.29 is 18.9 Å². The molecule has 0 aliphatic carbocycles. The molecule has 110 valence electrons. The van der Waals surface area contributed by atoms with E-state index in [-0.39, 0.29) is 6.10 Å². The van der Waals surface area contributed by atoms with Gasteiger partial charge in [0.05, 0.1) is 6.10 Å². The Balaban J connectivity index is 3.61. The van der Waals surface area contributed by atoms with Gasteiger partial charge in [0.15, 0.2) is 0 Å². The summed E-state index contributed by atoms with van der Waals surface area (Å²) in [5.41, 5.74) is 0. The predicted octanol–water partition coefficient (Wildman–Crippen LogP) is 4.41. The van der Waals surface area contributed by atoms with Crippen LogP contribution >= 0.6 is 7.82 Å². The van der Waals surface area contributed by atoms with Crippen molar-refractivity contribution in [3.05, 3.63) is 0 Å². The lowest BCUT2D eigenvalue weighted by Gasteiger charge is -2.17. The maximum Gasteiger partial charge on any atom is 0.469 e. The second kappa shape index (κ2) is 11.0. The van der Waals surface area contributed by atoms with Gasteiger partial charge in [0.2, 0.25) is 0 Å². The number of phosphoric acid groups is 1. The van der Waals surface area contributed by atoms with Gasteiger partial charge in [0.1, 0.15) is 0 Å². The second-order valence-electron chi connectivity index (χ2n) is 4.92. The standard InChI is InChI=1S/C13H29O4P/c1-3-5-6-7-8-9-10-12-13(11-4-2)17-18(14,15)16/h13H,3-12H2,1-2H3,(H2,14,15,16). The lowest BCUT2D eigenvalue weighted by molar-refractivity contribution is 0.117. The molecule has 0 fully saturated rings. The Labute approximate surface area is 111 Å². The minimum Gasteiger partial charge on any atom is -0.303 e. The third-order valence-corrected chi connectivity index (χ3v) is 3.60. The normalized spacial score (nSPS) is 13.8. The van der Waals surface area contributed by atoms with Crippen molar-refractivity contribution in [2.24, 2.45) is 0 Å². The summed E-state index contributed by atoms with van der Waals surface area (Å²) in [4.78, 5) is 17.6. The van der Waals surface area contributed by atoms with E-state index >= 15 is 0 Å². The summed E-state index contributed by atoms with van der Waals surface area (Å²) < 4.78 is 15.6. The van der Waals surface area contributed by atoms with Gasteiger partial charge in [0, 0.05) is 0 Å². The van der Waals surface area contributed by atoms with Crippen molar-refractivity contribution in [3.63, 3.8) is 0 Å². The molecule has 5 heteroatoms. The lowest BCUT2D eigenvalue weighted by Crippen LogP contribution is -2.11. The van der Waals surface area contributed by atoms with E-state index < -0.39 is 7.82 Å². The van der Waals surface area contributed by atoms with Gasteiger partial charge in [-0.25, -0.2) is 4.57 Å². The molecule has 0 bridgehead atoms. The number of rotatable bonds is 12. The van der Waals surface area contributed by atoms with Crippen LogP contribution in [0.2, 0.25) is 0 Å². The molecule has 0 heterocycles. The zero-order valence-electron chi connectivity index (χ0n) is 11.8. The van der Waals surface area contributed by atoms with Crippen LogP contribution in [0.1, 0.15) is 78.1 Å². The maximum absolute atomic E-state index is 10.8. The maximum atomic E-state index is 10.8. The highest BCUT2D eigenvalue weighted by Crippen LogP contribution is 2.39. The van der Waals surface area contributed by atoms with E-state index in [1.165, 1.54) is 32.1 Å². The van der Waals surface area contributed by atoms with Crippen molar-refractivity contribution >= 4 is 7.82 Å². The van der Waals surface area contributed by atoms with E-state index in [9.17, 15) is 4.57 Å². The van der Waals surface area contributed by atoms with E-state index in [1.54, 1.807) is 0 Å². The Kier molecular flexibility index (Phi) is 11.0. The molecule has 2 N–H and O–H groups in total. The van der Waals surface area contributed by atoms with Crippen LogP contribution in [0.3, 0.4) is 0 Å². The molecule has 4 nitrogen and oxygen atoms in total. The predicted molar refractivity (Wildman–Crippen MR) is 74.4 cm³/mol. The quantitative estimate of drug-likeness (QED) is 0.410. The fraction of sp³-hybridized carbons (Fsp3) is 1.00. The zero-order valence-corrected chi connectivity index (χ0v) is 12.7. The fourth-order valence-electron chi connectivity index (χ4n) is 2.10. The first-order valence-electron chi connectivity index (χ1n) is 7.23. The Morgan fingerprint density at radius 1 is 0.889 bits per heavy atom. The SMILES string of the molecule is CCCCCCCCCC(CCC)OP(=O)(O)O. The summed E-state index contributed by atoms with van der Waals surface area (Å²) in [7, 11) is -4.32. The van der Waals surface area contributed by atoms with E-state index in [4.69, 9.17) is 14.3 Å². The number of hydrogen-bond donors (Lipinski definition) is 2. The van der Waals surface area contributed by atoms with Crippen molar-refractivity contribution in [2.75, 3.05) is 0 Å². The molecule has 0 saturated heterocycles. The summed E-state index contributed by atoms with van der Waals surface area (Å²) in [6.07, 6.45) is 10.6. The molecule has 1 atom stereocenters. The first kappa shape index (κ1) is 18.1. The van der Waals surface area contributed by atoms with Gasteiger partial charge in [-0.3, -0.25) is 4.52 Å². The summed E-state index contributed by atoms with van der Waals surface area (Å²) in [5, 5.41) is 0. The number of phosphoric ester groups is 1. The minimum atomic E-state index is -4.32. The average molecular weight is 280 g/mol. The highest BCUT2D eigenvalue weighted by atomic mass is 31.2. The smallest absolute Gasteiger partial charge is 0.303 e. The average Bonchev–Trinajstić information content (AvgIpc) is 2.26. The van der Waals surface area contributed by atoms with Gasteiger partial charge >= 0.3 is 7.82 Å². The van der Waals surface area contributed by atoms with E-state index in [0.29, 0.717) is 0 Å². The molecule has 0 aromatic heterocycles. The van der Waals surface area contributed by atoms with E-state index in [1.807, 2.05) is 6.92 Å². The van der Waals surface area contributed by atoms with Crippen LogP contribution in [0, 0.1) is 0 Å². The number of unbranched alkanes of at least 4 members (excludes halogenated alkanes) is 6. The zero-order chi connectivity index (χ0) is 13.9. The van der Waals surface area contributed by atoms with Crippen LogP contribution in [-0.4, -0.2) is 15.9 Å². The lowest BCUT2D eigenvalue weighted by atomic mass is 10.0. The Morgan fingerprint density at radius 3 is 1.94 bits per heavy atom. The fourth-order valence-corrected chi connectivity index (χ4v) is 2.69. The molecule has 0 rings (SSSR count). The van der Waals surface area contributed by atoms with Crippen LogP contribution < -0.4 is 0 Å². The van der Waals surface area contributed by atoms with Gasteiger partial charge in [-0.15, -0.1) is 0 Å². The second-order valence-corrected chi connectivity index (χ2v) is 6.11.